The molecule has 0 saturated heterocycles. The van der Waals surface area contributed by atoms with Gasteiger partial charge in [0.2, 0.25) is 0 Å². The van der Waals surface area contributed by atoms with Crippen LogP contribution in [-0.4, -0.2) is 16.9 Å². The lowest BCUT2D eigenvalue weighted by molar-refractivity contribution is 0.0945. The third kappa shape index (κ3) is 2.09. The average Bonchev–Trinajstić information content (AvgIpc) is 2.97. The molecule has 1 aromatic heterocycles. The molecular formula is C11H15N3O. The first kappa shape index (κ1) is 9.96. The normalized spacial score (nSPS) is 23.5. The molecular weight excluding hydrogens is 190 g/mol. The van der Waals surface area contributed by atoms with Crippen molar-refractivity contribution in [1.82, 2.24) is 10.3 Å². The van der Waals surface area contributed by atoms with E-state index in [-0.39, 0.29) is 5.91 Å². The largest absolute Gasteiger partial charge is 0.397 e. The quantitative estimate of drug-likeness (QED) is 0.778. The molecule has 80 valence electrons. The van der Waals surface area contributed by atoms with Crippen molar-refractivity contribution in [3.05, 3.63) is 24.0 Å². The van der Waals surface area contributed by atoms with E-state index in [1.807, 2.05) is 0 Å². The second-order valence-electron chi connectivity index (χ2n) is 3.93. The summed E-state index contributed by atoms with van der Waals surface area (Å²) >= 11 is 0. The predicted molar refractivity (Wildman–Crippen MR) is 58.3 cm³/mol. The molecule has 2 unspecified atom stereocenters. The number of carbonyl (C=O) groups is 1. The second kappa shape index (κ2) is 3.88. The number of amides is 1. The first-order chi connectivity index (χ1) is 7.22. The van der Waals surface area contributed by atoms with E-state index in [1.165, 1.54) is 0 Å². The monoisotopic (exact) mass is 205 g/mol. The molecule has 15 heavy (non-hydrogen) atoms. The minimum absolute atomic E-state index is 0.158. The molecule has 1 fully saturated rings. The van der Waals surface area contributed by atoms with E-state index in [1.54, 1.807) is 18.3 Å². The van der Waals surface area contributed by atoms with Gasteiger partial charge in [0.05, 0.1) is 5.69 Å². The molecule has 4 heteroatoms. The number of nitrogens with two attached hydrogens (primary N) is 1. The van der Waals surface area contributed by atoms with Gasteiger partial charge >= 0.3 is 0 Å². The molecule has 1 amide bonds. The Morgan fingerprint density at radius 2 is 2.53 bits per heavy atom. The second-order valence-corrected chi connectivity index (χ2v) is 3.93. The summed E-state index contributed by atoms with van der Waals surface area (Å²) in [7, 11) is 0. The molecule has 0 bridgehead atoms. The van der Waals surface area contributed by atoms with E-state index in [0.717, 1.165) is 12.8 Å². The topological polar surface area (TPSA) is 68.0 Å². The Kier molecular flexibility index (Phi) is 2.58. The molecule has 0 radical (unpaired) electrons. The summed E-state index contributed by atoms with van der Waals surface area (Å²) in [5.41, 5.74) is 6.43. The van der Waals surface area contributed by atoms with E-state index in [4.69, 9.17) is 5.73 Å². The lowest BCUT2D eigenvalue weighted by atomic mass is 10.2. The molecule has 0 spiro atoms. The first-order valence-electron chi connectivity index (χ1n) is 5.23. The number of anilines is 1. The summed E-state index contributed by atoms with van der Waals surface area (Å²) in [4.78, 5) is 15.7. The van der Waals surface area contributed by atoms with E-state index < -0.39 is 0 Å². The number of pyridine rings is 1. The highest BCUT2D eigenvalue weighted by molar-refractivity contribution is 5.97. The highest BCUT2D eigenvalue weighted by Gasteiger charge is 2.36. The molecule has 1 aliphatic carbocycles. The fraction of sp³-hybridized carbons (Fsp3) is 0.455. The van der Waals surface area contributed by atoms with Crippen LogP contribution in [0.3, 0.4) is 0 Å². The molecule has 0 aliphatic heterocycles. The summed E-state index contributed by atoms with van der Waals surface area (Å²) in [6, 6.07) is 3.73. The van der Waals surface area contributed by atoms with Gasteiger partial charge < -0.3 is 11.1 Å². The van der Waals surface area contributed by atoms with Gasteiger partial charge in [-0.2, -0.15) is 0 Å². The third-order valence-corrected chi connectivity index (χ3v) is 2.82. The number of nitrogens with zero attached hydrogens (tertiary/aromatic N) is 1. The van der Waals surface area contributed by atoms with Crippen LogP contribution in [0.4, 0.5) is 5.69 Å². The maximum Gasteiger partial charge on any atom is 0.272 e. The highest BCUT2D eigenvalue weighted by Crippen LogP contribution is 2.33. The lowest BCUT2D eigenvalue weighted by Crippen LogP contribution is -2.28. The van der Waals surface area contributed by atoms with Crippen LogP contribution in [0.5, 0.6) is 0 Å². The molecule has 1 aliphatic rings. The van der Waals surface area contributed by atoms with Crippen molar-refractivity contribution >= 4 is 11.6 Å². The fourth-order valence-corrected chi connectivity index (χ4v) is 1.72. The number of nitrogens with one attached hydrogen (secondary N) is 1. The third-order valence-electron chi connectivity index (χ3n) is 2.82. The standard InChI is InChI=1S/C11H15N3O/c1-2-7-6-9(7)14-11(15)10-8(12)4-3-5-13-10/h3-5,7,9H,2,6,12H2,1H3,(H,14,15). The molecule has 4 nitrogen and oxygen atoms in total. The molecule has 1 aromatic rings. The van der Waals surface area contributed by atoms with Crippen LogP contribution in [0.1, 0.15) is 30.3 Å². The molecule has 3 N–H and O–H groups in total. The van der Waals surface area contributed by atoms with Gasteiger partial charge in [-0.25, -0.2) is 4.98 Å². The van der Waals surface area contributed by atoms with Crippen molar-refractivity contribution in [2.24, 2.45) is 5.92 Å². The molecule has 2 atom stereocenters. The van der Waals surface area contributed by atoms with E-state index in [2.05, 4.69) is 17.2 Å². The Labute approximate surface area is 88.9 Å². The average molecular weight is 205 g/mol. The van der Waals surface area contributed by atoms with Crippen molar-refractivity contribution in [3.63, 3.8) is 0 Å². The zero-order valence-electron chi connectivity index (χ0n) is 8.73. The zero-order valence-corrected chi connectivity index (χ0v) is 8.73. The first-order valence-corrected chi connectivity index (χ1v) is 5.23. The number of nitrogen functional groups attached to an aromatic ring is 1. The summed E-state index contributed by atoms with van der Waals surface area (Å²) in [6.45, 7) is 2.13. The van der Waals surface area contributed by atoms with Crippen molar-refractivity contribution in [2.75, 3.05) is 5.73 Å². The Balaban J connectivity index is 2.00. The summed E-state index contributed by atoms with van der Waals surface area (Å²) in [5, 5.41) is 2.93. The van der Waals surface area contributed by atoms with Crippen LogP contribution in [0.2, 0.25) is 0 Å². The van der Waals surface area contributed by atoms with Crippen LogP contribution in [0, 0.1) is 5.92 Å². The smallest absolute Gasteiger partial charge is 0.272 e. The van der Waals surface area contributed by atoms with Gasteiger partial charge in [0, 0.05) is 12.2 Å². The van der Waals surface area contributed by atoms with Gasteiger partial charge in [0.1, 0.15) is 0 Å². The molecule has 0 aromatic carbocycles. The molecule has 1 heterocycles. The van der Waals surface area contributed by atoms with Crippen molar-refractivity contribution in [3.8, 4) is 0 Å². The van der Waals surface area contributed by atoms with Crippen LogP contribution < -0.4 is 11.1 Å². The lowest BCUT2D eigenvalue weighted by Gasteiger charge is -2.05. The molecule has 1 saturated carbocycles. The summed E-state index contributed by atoms with van der Waals surface area (Å²) in [5.74, 6) is 0.480. The van der Waals surface area contributed by atoms with Gasteiger partial charge in [0.25, 0.3) is 5.91 Å². The number of rotatable bonds is 3. The van der Waals surface area contributed by atoms with Crippen molar-refractivity contribution < 1.29 is 4.79 Å². The number of hydrogen-bond donors (Lipinski definition) is 2. The van der Waals surface area contributed by atoms with Gasteiger partial charge in [-0.3, -0.25) is 4.79 Å². The van der Waals surface area contributed by atoms with Crippen LogP contribution >= 0.6 is 0 Å². The van der Waals surface area contributed by atoms with E-state index in [0.29, 0.717) is 23.3 Å². The van der Waals surface area contributed by atoms with Gasteiger partial charge in [-0.05, 0) is 24.5 Å². The van der Waals surface area contributed by atoms with Crippen LogP contribution in [0.25, 0.3) is 0 Å². The van der Waals surface area contributed by atoms with E-state index >= 15 is 0 Å². The molecule has 2 rings (SSSR count). The SMILES string of the molecule is CCC1CC1NC(=O)c1ncccc1N. The van der Waals surface area contributed by atoms with E-state index in [9.17, 15) is 4.79 Å². The van der Waals surface area contributed by atoms with Crippen molar-refractivity contribution in [2.45, 2.75) is 25.8 Å². The minimum atomic E-state index is -0.158. The Morgan fingerprint density at radius 1 is 1.73 bits per heavy atom. The summed E-state index contributed by atoms with van der Waals surface area (Å²) in [6.07, 6.45) is 3.77. The Bertz CT molecular complexity index is 378. The maximum absolute atomic E-state index is 11.7. The Morgan fingerprint density at radius 3 is 3.13 bits per heavy atom. The predicted octanol–water partition coefficient (Wildman–Crippen LogP) is 1.19. The van der Waals surface area contributed by atoms with Gasteiger partial charge in [0.15, 0.2) is 5.69 Å². The van der Waals surface area contributed by atoms with Crippen LogP contribution in [0.15, 0.2) is 18.3 Å². The van der Waals surface area contributed by atoms with Gasteiger partial charge in [-0.15, -0.1) is 0 Å². The van der Waals surface area contributed by atoms with Gasteiger partial charge in [-0.1, -0.05) is 13.3 Å². The number of hydrogen-bond acceptors (Lipinski definition) is 3. The summed E-state index contributed by atoms with van der Waals surface area (Å²) < 4.78 is 0. The highest BCUT2D eigenvalue weighted by atomic mass is 16.2. The van der Waals surface area contributed by atoms with Crippen LogP contribution in [-0.2, 0) is 0 Å². The zero-order chi connectivity index (χ0) is 10.8. The maximum atomic E-state index is 11.7. The Hall–Kier alpha value is -1.58. The fourth-order valence-electron chi connectivity index (χ4n) is 1.72. The number of carbonyl (C=O) groups excluding carboxylic acids is 1. The number of aromatic nitrogens is 1. The minimum Gasteiger partial charge on any atom is -0.397 e. The van der Waals surface area contributed by atoms with Crippen molar-refractivity contribution in [1.29, 1.82) is 0 Å².